The van der Waals surface area contributed by atoms with E-state index in [0.29, 0.717) is 6.01 Å². The number of nitrogens with zero attached hydrogens (tertiary/aromatic N) is 3. The highest BCUT2D eigenvalue weighted by Crippen LogP contribution is 2.41. The van der Waals surface area contributed by atoms with Crippen LogP contribution >= 0.6 is 0 Å². The van der Waals surface area contributed by atoms with Gasteiger partial charge in [0.2, 0.25) is 0 Å². The topological polar surface area (TPSA) is 35.9 Å². The predicted octanol–water partition coefficient (Wildman–Crippen LogP) is 9.18. The van der Waals surface area contributed by atoms with Crippen molar-refractivity contribution in [3.05, 3.63) is 127 Å². The third-order valence-electron chi connectivity index (χ3n) is 7.93. The van der Waals surface area contributed by atoms with Gasteiger partial charge in [-0.1, -0.05) is 84.9 Å². The molecule has 3 aromatic heterocycles. The first-order chi connectivity index (χ1) is 19.3. The normalized spacial score (nSPS) is 12.1. The van der Waals surface area contributed by atoms with Crippen molar-refractivity contribution in [1.29, 1.82) is 0 Å². The fraction of sp³-hybridized carbons (Fsp3) is 0. The summed E-state index contributed by atoms with van der Waals surface area (Å²) in [5, 5.41) is 7.31. The Morgan fingerprint density at radius 2 is 1.21 bits per heavy atom. The molecule has 9 rings (SSSR count). The number of hydrogen-bond donors (Lipinski definition) is 0. The van der Waals surface area contributed by atoms with E-state index in [1.54, 1.807) is 0 Å². The van der Waals surface area contributed by atoms with E-state index in [1.165, 1.54) is 37.8 Å². The number of hydrogen-bond acceptors (Lipinski definition) is 2. The van der Waals surface area contributed by atoms with Gasteiger partial charge in [-0.2, -0.15) is 4.98 Å². The van der Waals surface area contributed by atoms with Crippen LogP contribution < -0.4 is 0 Å². The molecule has 4 nitrogen and oxygen atoms in total. The van der Waals surface area contributed by atoms with Crippen molar-refractivity contribution in [3.63, 3.8) is 0 Å². The Balaban J connectivity index is 1.50. The summed E-state index contributed by atoms with van der Waals surface area (Å²) in [5.41, 5.74) is 7.29. The van der Waals surface area contributed by atoms with Crippen molar-refractivity contribution in [1.82, 2.24) is 14.1 Å². The number of para-hydroxylation sites is 4. The van der Waals surface area contributed by atoms with Gasteiger partial charge in [-0.15, -0.1) is 0 Å². The second-order valence-corrected chi connectivity index (χ2v) is 10.1. The second-order valence-electron chi connectivity index (χ2n) is 10.1. The fourth-order valence-corrected chi connectivity index (χ4v) is 6.25. The molecule has 0 aliphatic carbocycles. The summed E-state index contributed by atoms with van der Waals surface area (Å²) < 4.78 is 10.9. The molecule has 0 fully saturated rings. The largest absolute Gasteiger partial charge is 0.423 e. The Hall–Kier alpha value is -5.35. The maximum absolute atomic E-state index is 6.32. The van der Waals surface area contributed by atoms with E-state index < -0.39 is 0 Å². The van der Waals surface area contributed by atoms with Crippen LogP contribution in [-0.2, 0) is 0 Å². The van der Waals surface area contributed by atoms with Crippen LogP contribution in [0.2, 0.25) is 0 Å². The van der Waals surface area contributed by atoms with Crippen molar-refractivity contribution in [2.45, 2.75) is 0 Å². The highest BCUT2D eigenvalue weighted by molar-refractivity contribution is 6.23. The lowest BCUT2D eigenvalue weighted by Gasteiger charge is -2.10. The van der Waals surface area contributed by atoms with Crippen molar-refractivity contribution in [2.75, 3.05) is 0 Å². The molecule has 0 aliphatic rings. The Kier molecular flexibility index (Phi) is 4.02. The van der Waals surface area contributed by atoms with E-state index >= 15 is 0 Å². The summed E-state index contributed by atoms with van der Waals surface area (Å²) in [7, 11) is 0. The minimum atomic E-state index is 0.578. The van der Waals surface area contributed by atoms with Crippen LogP contribution in [0.4, 0.5) is 0 Å². The molecule has 0 aliphatic heterocycles. The smallest absolute Gasteiger partial charge is 0.307 e. The van der Waals surface area contributed by atoms with Crippen LogP contribution in [-0.4, -0.2) is 14.1 Å². The minimum absolute atomic E-state index is 0.578. The summed E-state index contributed by atoms with van der Waals surface area (Å²) in [5.74, 6) is 0. The van der Waals surface area contributed by atoms with Gasteiger partial charge in [0.1, 0.15) is 5.52 Å². The van der Waals surface area contributed by atoms with E-state index in [2.05, 4.69) is 112 Å². The van der Waals surface area contributed by atoms with Crippen LogP contribution in [0.1, 0.15) is 0 Å². The molecule has 39 heavy (non-hydrogen) atoms. The van der Waals surface area contributed by atoms with Gasteiger partial charge in [-0.05, 0) is 47.9 Å². The molecule has 182 valence electrons. The molecular weight excluding hydrogens is 478 g/mol. The Morgan fingerprint density at radius 1 is 0.487 bits per heavy atom. The summed E-state index contributed by atoms with van der Waals surface area (Å²) in [6.45, 7) is 0. The summed E-state index contributed by atoms with van der Waals surface area (Å²) in [6, 6.07) is 45.5. The van der Waals surface area contributed by atoms with Crippen LogP contribution in [0.5, 0.6) is 0 Å². The van der Waals surface area contributed by atoms with Gasteiger partial charge in [0, 0.05) is 32.6 Å². The Morgan fingerprint density at radius 3 is 2.10 bits per heavy atom. The molecule has 9 aromatic rings. The van der Waals surface area contributed by atoms with Crippen molar-refractivity contribution < 1.29 is 4.42 Å². The number of rotatable bonds is 2. The molecule has 0 unspecified atom stereocenters. The zero-order valence-electron chi connectivity index (χ0n) is 20.9. The number of oxazole rings is 1. The SMILES string of the molecule is c1ccc(-n2c3cc4c(cc3c3ccc5ccccc5c32)c2ccccc2n4-c2nc3ccccc3o2)cc1. The van der Waals surface area contributed by atoms with Crippen LogP contribution in [0.3, 0.4) is 0 Å². The molecule has 0 bridgehead atoms. The third-order valence-corrected chi connectivity index (χ3v) is 7.93. The maximum atomic E-state index is 6.32. The van der Waals surface area contributed by atoms with Crippen molar-refractivity contribution >= 4 is 65.5 Å². The summed E-state index contributed by atoms with van der Waals surface area (Å²) in [4.78, 5) is 4.89. The van der Waals surface area contributed by atoms with E-state index in [4.69, 9.17) is 9.40 Å². The minimum Gasteiger partial charge on any atom is -0.423 e. The summed E-state index contributed by atoms with van der Waals surface area (Å²) >= 11 is 0. The fourth-order valence-electron chi connectivity index (χ4n) is 6.25. The molecule has 0 spiro atoms. The zero-order chi connectivity index (χ0) is 25.5. The molecule has 0 N–H and O–H groups in total. The highest BCUT2D eigenvalue weighted by Gasteiger charge is 2.21. The van der Waals surface area contributed by atoms with E-state index in [-0.39, 0.29) is 0 Å². The van der Waals surface area contributed by atoms with Gasteiger partial charge in [0.05, 0.1) is 22.1 Å². The van der Waals surface area contributed by atoms with Crippen molar-refractivity contribution in [3.8, 4) is 11.7 Å². The molecule has 6 aromatic carbocycles. The quantitative estimate of drug-likeness (QED) is 0.238. The molecule has 0 amide bonds. The number of benzene rings is 6. The van der Waals surface area contributed by atoms with E-state index in [9.17, 15) is 0 Å². The summed E-state index contributed by atoms with van der Waals surface area (Å²) in [6.07, 6.45) is 0. The van der Waals surface area contributed by atoms with Crippen molar-refractivity contribution in [2.24, 2.45) is 0 Å². The van der Waals surface area contributed by atoms with Gasteiger partial charge in [0.15, 0.2) is 5.58 Å². The van der Waals surface area contributed by atoms with E-state index in [0.717, 1.165) is 33.3 Å². The third kappa shape index (κ3) is 2.80. The molecule has 0 atom stereocenters. The van der Waals surface area contributed by atoms with Crippen LogP contribution in [0.25, 0.3) is 77.2 Å². The second kappa shape index (κ2) is 7.59. The lowest BCUT2D eigenvalue weighted by atomic mass is 10.0. The number of fused-ring (bicyclic) bond motifs is 9. The van der Waals surface area contributed by atoms with Gasteiger partial charge < -0.3 is 8.98 Å². The number of aromatic nitrogens is 3. The molecule has 4 heteroatoms. The molecule has 0 saturated heterocycles. The van der Waals surface area contributed by atoms with E-state index in [1.807, 2.05) is 24.3 Å². The molecule has 3 heterocycles. The first kappa shape index (κ1) is 20.7. The standard InChI is InChI=1S/C35H21N3O/c1-2-11-23(12-3-1)37-31-21-32-27(20-28(31)26-19-18-22-10-4-5-13-24(22)34(26)37)25-14-6-8-16-30(25)38(32)35-36-29-15-7-9-17-33(29)39-35/h1-21H. The van der Waals surface area contributed by atoms with Gasteiger partial charge >= 0.3 is 6.01 Å². The zero-order valence-corrected chi connectivity index (χ0v) is 20.9. The Bertz CT molecular complexity index is 2360. The van der Waals surface area contributed by atoms with Gasteiger partial charge in [0.25, 0.3) is 0 Å². The molecule has 0 saturated carbocycles. The molecular formula is C35H21N3O. The highest BCUT2D eigenvalue weighted by atomic mass is 16.4. The van der Waals surface area contributed by atoms with Gasteiger partial charge in [-0.3, -0.25) is 4.57 Å². The lowest BCUT2D eigenvalue weighted by Crippen LogP contribution is -1.96. The maximum Gasteiger partial charge on any atom is 0.307 e. The average Bonchev–Trinajstić information content (AvgIpc) is 3.66. The molecule has 0 radical (unpaired) electrons. The first-order valence-electron chi connectivity index (χ1n) is 13.2. The van der Waals surface area contributed by atoms with Gasteiger partial charge in [-0.25, -0.2) is 0 Å². The first-order valence-corrected chi connectivity index (χ1v) is 13.2. The average molecular weight is 500 g/mol. The Labute approximate surface area is 222 Å². The van der Waals surface area contributed by atoms with Crippen LogP contribution in [0.15, 0.2) is 132 Å². The monoisotopic (exact) mass is 499 g/mol. The van der Waals surface area contributed by atoms with Crippen LogP contribution in [0, 0.1) is 0 Å². The lowest BCUT2D eigenvalue weighted by molar-refractivity contribution is 0.574. The predicted molar refractivity (Wildman–Crippen MR) is 160 cm³/mol.